The van der Waals surface area contributed by atoms with E-state index in [1.54, 1.807) is 36.5 Å². The van der Waals surface area contributed by atoms with Gasteiger partial charge in [-0.25, -0.2) is 4.98 Å². The summed E-state index contributed by atoms with van der Waals surface area (Å²) >= 11 is 0. The summed E-state index contributed by atoms with van der Waals surface area (Å²) in [5.41, 5.74) is 1.59. The molecular weight excluding hydrogens is 306 g/mol. The smallest absolute Gasteiger partial charge is 0.270 e. The van der Waals surface area contributed by atoms with Crippen molar-refractivity contribution in [1.29, 1.82) is 0 Å². The minimum Gasteiger partial charge on any atom is -0.494 e. The van der Waals surface area contributed by atoms with E-state index in [-0.39, 0.29) is 5.56 Å². The van der Waals surface area contributed by atoms with Gasteiger partial charge >= 0.3 is 0 Å². The zero-order chi connectivity index (χ0) is 17.1. The van der Waals surface area contributed by atoms with Crippen molar-refractivity contribution in [3.05, 3.63) is 70.3 Å². The molecule has 6 nitrogen and oxygen atoms in total. The molecule has 6 heteroatoms. The van der Waals surface area contributed by atoms with Gasteiger partial charge in [-0.2, -0.15) is 0 Å². The highest BCUT2D eigenvalue weighted by Crippen LogP contribution is 2.16. The number of hydrogen-bond donors (Lipinski definition) is 1. The number of aromatic nitrogens is 2. The van der Waals surface area contributed by atoms with Crippen LogP contribution in [0, 0.1) is 6.92 Å². The first-order valence-electron chi connectivity index (χ1n) is 7.60. The molecule has 1 N–H and O–H groups in total. The summed E-state index contributed by atoms with van der Waals surface area (Å²) < 4.78 is 6.73. The second-order valence-corrected chi connectivity index (χ2v) is 5.32. The standard InChI is InChI=1S/C18H17N3O3/c1-3-24-14-7-5-13(6-8-14)20-17(22)15-10-19-16-9-4-12(2)11-21(16)18(15)23/h4-11H,3H2,1-2H3,(H,20,22). The Morgan fingerprint density at radius 3 is 2.67 bits per heavy atom. The minimum atomic E-state index is -0.493. The summed E-state index contributed by atoms with van der Waals surface area (Å²) in [4.78, 5) is 29.0. The number of nitrogens with zero attached hydrogens (tertiary/aromatic N) is 2. The molecule has 2 aromatic heterocycles. The van der Waals surface area contributed by atoms with Crippen molar-refractivity contribution in [1.82, 2.24) is 9.38 Å². The van der Waals surface area contributed by atoms with Gasteiger partial charge in [0.25, 0.3) is 11.5 Å². The zero-order valence-corrected chi connectivity index (χ0v) is 13.4. The Bertz CT molecular complexity index is 946. The van der Waals surface area contributed by atoms with Crippen molar-refractivity contribution >= 4 is 17.2 Å². The van der Waals surface area contributed by atoms with Crippen molar-refractivity contribution in [2.75, 3.05) is 11.9 Å². The Balaban J connectivity index is 1.88. The number of pyridine rings is 1. The summed E-state index contributed by atoms with van der Waals surface area (Å²) in [6.45, 7) is 4.35. The summed E-state index contributed by atoms with van der Waals surface area (Å²) in [6.07, 6.45) is 2.97. The third kappa shape index (κ3) is 3.12. The van der Waals surface area contributed by atoms with E-state index in [1.807, 2.05) is 19.9 Å². The first-order chi connectivity index (χ1) is 11.6. The maximum absolute atomic E-state index is 12.5. The molecule has 0 saturated heterocycles. The SMILES string of the molecule is CCOc1ccc(NC(=O)c2cnc3ccc(C)cn3c2=O)cc1. The number of amides is 1. The quantitative estimate of drug-likeness (QED) is 0.801. The summed E-state index contributed by atoms with van der Waals surface area (Å²) in [7, 11) is 0. The Labute approximate surface area is 138 Å². The van der Waals surface area contributed by atoms with Gasteiger partial charge in [0.05, 0.1) is 6.61 Å². The monoisotopic (exact) mass is 323 g/mol. The van der Waals surface area contributed by atoms with E-state index in [0.29, 0.717) is 17.9 Å². The number of carbonyl (C=O) groups excluding carboxylic acids is 1. The van der Waals surface area contributed by atoms with E-state index < -0.39 is 11.5 Å². The van der Waals surface area contributed by atoms with E-state index in [4.69, 9.17) is 4.74 Å². The largest absolute Gasteiger partial charge is 0.494 e. The second kappa shape index (κ2) is 6.54. The van der Waals surface area contributed by atoms with Gasteiger partial charge in [-0.3, -0.25) is 14.0 Å². The van der Waals surface area contributed by atoms with Crippen LogP contribution in [0.2, 0.25) is 0 Å². The molecule has 122 valence electrons. The average molecular weight is 323 g/mol. The fourth-order valence-corrected chi connectivity index (χ4v) is 2.34. The number of fused-ring (bicyclic) bond motifs is 1. The van der Waals surface area contributed by atoms with Crippen LogP contribution in [0.1, 0.15) is 22.8 Å². The molecule has 0 aliphatic rings. The minimum absolute atomic E-state index is 0.00742. The van der Waals surface area contributed by atoms with Crippen molar-refractivity contribution in [3.8, 4) is 5.75 Å². The third-order valence-corrected chi connectivity index (χ3v) is 3.52. The summed E-state index contributed by atoms with van der Waals surface area (Å²) in [6, 6.07) is 10.6. The molecule has 0 bridgehead atoms. The lowest BCUT2D eigenvalue weighted by Crippen LogP contribution is -2.26. The van der Waals surface area contributed by atoms with Gasteiger partial charge in [0.2, 0.25) is 0 Å². The van der Waals surface area contributed by atoms with Gasteiger partial charge in [-0.15, -0.1) is 0 Å². The zero-order valence-electron chi connectivity index (χ0n) is 13.4. The van der Waals surface area contributed by atoms with Crippen molar-refractivity contribution < 1.29 is 9.53 Å². The lowest BCUT2D eigenvalue weighted by molar-refractivity contribution is 0.102. The number of benzene rings is 1. The molecule has 0 aliphatic heterocycles. The highest BCUT2D eigenvalue weighted by Gasteiger charge is 2.13. The summed E-state index contributed by atoms with van der Waals surface area (Å²) in [5.74, 6) is 0.228. The first kappa shape index (κ1) is 15.7. The van der Waals surface area contributed by atoms with Gasteiger partial charge < -0.3 is 10.1 Å². The summed E-state index contributed by atoms with van der Waals surface area (Å²) in [5, 5.41) is 2.70. The number of carbonyl (C=O) groups is 1. The molecule has 0 saturated carbocycles. The van der Waals surface area contributed by atoms with Gasteiger partial charge in [-0.1, -0.05) is 6.07 Å². The van der Waals surface area contributed by atoms with Crippen molar-refractivity contribution in [2.24, 2.45) is 0 Å². The Kier molecular flexibility index (Phi) is 4.29. The molecule has 1 aromatic carbocycles. The number of hydrogen-bond acceptors (Lipinski definition) is 4. The third-order valence-electron chi connectivity index (χ3n) is 3.52. The van der Waals surface area contributed by atoms with E-state index in [2.05, 4.69) is 10.3 Å². The molecule has 0 unspecified atom stereocenters. The van der Waals surface area contributed by atoms with Crippen LogP contribution in [0.4, 0.5) is 5.69 Å². The maximum atomic E-state index is 12.5. The Morgan fingerprint density at radius 1 is 1.21 bits per heavy atom. The predicted molar refractivity (Wildman–Crippen MR) is 91.8 cm³/mol. The fourth-order valence-electron chi connectivity index (χ4n) is 2.34. The normalized spacial score (nSPS) is 10.6. The van der Waals surface area contributed by atoms with Crippen LogP contribution in [-0.4, -0.2) is 21.9 Å². The molecule has 0 spiro atoms. The van der Waals surface area contributed by atoms with Crippen LogP contribution in [-0.2, 0) is 0 Å². The van der Waals surface area contributed by atoms with E-state index in [9.17, 15) is 9.59 Å². The molecule has 1 amide bonds. The first-order valence-corrected chi connectivity index (χ1v) is 7.60. The average Bonchev–Trinajstić information content (AvgIpc) is 2.57. The molecule has 0 aliphatic carbocycles. The van der Waals surface area contributed by atoms with Crippen LogP contribution in [0.3, 0.4) is 0 Å². The molecule has 0 fully saturated rings. The molecule has 3 aromatic rings. The topological polar surface area (TPSA) is 72.7 Å². The number of nitrogens with one attached hydrogen (secondary N) is 1. The van der Waals surface area contributed by atoms with Crippen LogP contribution < -0.4 is 15.6 Å². The van der Waals surface area contributed by atoms with Crippen molar-refractivity contribution in [2.45, 2.75) is 13.8 Å². The van der Waals surface area contributed by atoms with Crippen molar-refractivity contribution in [3.63, 3.8) is 0 Å². The fraction of sp³-hybridized carbons (Fsp3) is 0.167. The molecular formula is C18H17N3O3. The Hall–Kier alpha value is -3.15. The number of anilines is 1. The van der Waals surface area contributed by atoms with Gasteiger partial charge in [0.15, 0.2) is 0 Å². The molecule has 2 heterocycles. The molecule has 3 rings (SSSR count). The van der Waals surface area contributed by atoms with Crippen LogP contribution in [0.25, 0.3) is 5.65 Å². The predicted octanol–water partition coefficient (Wildman–Crippen LogP) is 2.65. The molecule has 0 atom stereocenters. The van der Waals surface area contributed by atoms with Crippen LogP contribution >= 0.6 is 0 Å². The van der Waals surface area contributed by atoms with E-state index in [0.717, 1.165) is 11.3 Å². The molecule has 24 heavy (non-hydrogen) atoms. The molecule has 0 radical (unpaired) electrons. The second-order valence-electron chi connectivity index (χ2n) is 5.32. The maximum Gasteiger partial charge on any atom is 0.270 e. The highest BCUT2D eigenvalue weighted by atomic mass is 16.5. The van der Waals surface area contributed by atoms with Gasteiger partial charge in [0.1, 0.15) is 17.0 Å². The van der Waals surface area contributed by atoms with Gasteiger partial charge in [0, 0.05) is 18.1 Å². The number of ether oxygens (including phenoxy) is 1. The number of aryl methyl sites for hydroxylation is 1. The Morgan fingerprint density at radius 2 is 1.96 bits per heavy atom. The van der Waals surface area contributed by atoms with Gasteiger partial charge in [-0.05, 0) is 49.7 Å². The number of rotatable bonds is 4. The van der Waals surface area contributed by atoms with Crippen LogP contribution in [0.15, 0.2) is 53.6 Å². The lowest BCUT2D eigenvalue weighted by atomic mass is 10.2. The lowest BCUT2D eigenvalue weighted by Gasteiger charge is -2.08. The van der Waals surface area contributed by atoms with E-state index >= 15 is 0 Å². The van der Waals surface area contributed by atoms with Crippen LogP contribution in [0.5, 0.6) is 5.75 Å². The highest BCUT2D eigenvalue weighted by molar-refractivity contribution is 6.03. The van der Waals surface area contributed by atoms with E-state index in [1.165, 1.54) is 10.6 Å².